The number of unbranched alkanes of at least 4 members (excludes halogenated alkanes) is 1. The third-order valence-electron chi connectivity index (χ3n) is 2.76. The smallest absolute Gasteiger partial charge is 0.343 e. The van der Waals surface area contributed by atoms with Crippen LogP contribution in [0.1, 0.15) is 19.8 Å². The molecule has 0 spiro atoms. The van der Waals surface area contributed by atoms with Crippen molar-refractivity contribution in [3.8, 4) is 0 Å². The molecule has 0 atom stereocenters. The number of halogens is 1. The van der Waals surface area contributed by atoms with Crippen LogP contribution in [0.3, 0.4) is 0 Å². The van der Waals surface area contributed by atoms with E-state index in [1.807, 2.05) is 0 Å². The van der Waals surface area contributed by atoms with Gasteiger partial charge in [-0.15, -0.1) is 12.4 Å². The summed E-state index contributed by atoms with van der Waals surface area (Å²) in [6.07, 6.45) is 2.28. The second kappa shape index (κ2) is 13.7. The summed E-state index contributed by atoms with van der Waals surface area (Å²) >= 11 is 0. The summed E-state index contributed by atoms with van der Waals surface area (Å²) in [7, 11) is -1.17. The Labute approximate surface area is 148 Å². The fourth-order valence-electron chi connectivity index (χ4n) is 1.56. The van der Waals surface area contributed by atoms with Crippen molar-refractivity contribution in [3.63, 3.8) is 0 Å². The minimum atomic E-state index is -1.17. The largest absolute Gasteiger partial charge is 2.00 e. The normalized spacial score (nSPS) is 8.80. The molecule has 0 radical (unpaired) electrons. The molecule has 3 heteroatoms. The third kappa shape index (κ3) is 8.10. The van der Waals surface area contributed by atoms with Crippen LogP contribution in [0.5, 0.6) is 0 Å². The molecule has 0 aromatic heterocycles. The van der Waals surface area contributed by atoms with E-state index in [-0.39, 0.29) is 35.5 Å². The maximum atomic E-state index is 4.32. The zero-order valence-corrected chi connectivity index (χ0v) is 15.7. The van der Waals surface area contributed by atoms with Gasteiger partial charge in [0.1, 0.15) is 0 Å². The van der Waals surface area contributed by atoms with Gasteiger partial charge in [0.15, 0.2) is 0 Å². The summed E-state index contributed by atoms with van der Waals surface area (Å²) in [5.41, 5.74) is 0. The first-order chi connectivity index (χ1) is 8.79. The van der Waals surface area contributed by atoms with E-state index in [4.69, 9.17) is 0 Å². The zero-order chi connectivity index (χ0) is 13.2. The summed E-state index contributed by atoms with van der Waals surface area (Å²) in [5, 5.41) is 2.80. The minimum absolute atomic E-state index is 0. The molecule has 0 unspecified atom stereocenters. The van der Waals surface area contributed by atoms with Crippen molar-refractivity contribution in [3.05, 3.63) is 74.1 Å². The Hall–Kier alpha value is -0.287. The van der Waals surface area contributed by atoms with E-state index in [1.54, 1.807) is 0 Å². The van der Waals surface area contributed by atoms with Gasteiger partial charge in [0.2, 0.25) is 0 Å². The van der Waals surface area contributed by atoms with Crippen LogP contribution < -0.4 is 10.4 Å². The van der Waals surface area contributed by atoms with Crippen LogP contribution in [0.2, 0.25) is 0 Å². The van der Waals surface area contributed by atoms with Crippen molar-refractivity contribution >= 4 is 54.6 Å². The standard InChI is InChI=1S/C13H13Si.C4H9.ClH.Mg/c1-14(12-8-4-2-5-9-12)13-10-6-3-7-11-13;1-3-4-2;;/h2-11,14H,1H2;1,3-4H2,2H3;1H;/q2*-1;;+2. The minimum Gasteiger partial charge on any atom is -0.343 e. The van der Waals surface area contributed by atoms with Gasteiger partial charge in [0.25, 0.3) is 0 Å². The first-order valence-electron chi connectivity index (χ1n) is 6.51. The van der Waals surface area contributed by atoms with Crippen molar-refractivity contribution in [1.29, 1.82) is 0 Å². The van der Waals surface area contributed by atoms with Crippen LogP contribution in [0.25, 0.3) is 0 Å². The molecule has 0 nitrogen and oxygen atoms in total. The summed E-state index contributed by atoms with van der Waals surface area (Å²) in [5.74, 6) is 0. The van der Waals surface area contributed by atoms with E-state index < -0.39 is 8.80 Å². The van der Waals surface area contributed by atoms with Crippen LogP contribution >= 0.6 is 12.4 Å². The molecular formula is C17H23ClMgSi. The van der Waals surface area contributed by atoms with Crippen LogP contribution in [-0.2, 0) is 0 Å². The first kappa shape index (κ1) is 22.0. The summed E-state index contributed by atoms with van der Waals surface area (Å²) in [6.45, 7) is 10.0. The monoisotopic (exact) mass is 314 g/mol. The second-order valence-electron chi connectivity index (χ2n) is 4.23. The Kier molecular flexibility index (Phi) is 15.1. The molecule has 0 heterocycles. The van der Waals surface area contributed by atoms with E-state index in [0.29, 0.717) is 0 Å². The van der Waals surface area contributed by atoms with Gasteiger partial charge in [-0.1, -0.05) is 84.4 Å². The van der Waals surface area contributed by atoms with Crippen molar-refractivity contribution in [2.24, 2.45) is 0 Å². The van der Waals surface area contributed by atoms with Crippen molar-refractivity contribution in [2.75, 3.05) is 0 Å². The Balaban J connectivity index is 0. The van der Waals surface area contributed by atoms with Gasteiger partial charge in [-0.05, 0) is 8.80 Å². The zero-order valence-electron chi connectivity index (χ0n) is 12.3. The predicted molar refractivity (Wildman–Crippen MR) is 97.9 cm³/mol. The molecule has 2 aromatic rings. The first-order valence-corrected chi connectivity index (χ1v) is 8.49. The molecule has 0 bridgehead atoms. The average molecular weight is 315 g/mol. The van der Waals surface area contributed by atoms with E-state index in [2.05, 4.69) is 81.1 Å². The summed E-state index contributed by atoms with van der Waals surface area (Å²) < 4.78 is 0. The van der Waals surface area contributed by atoms with Gasteiger partial charge in [-0.3, -0.25) is 0 Å². The van der Waals surface area contributed by atoms with Crippen LogP contribution in [-0.4, -0.2) is 31.8 Å². The maximum Gasteiger partial charge on any atom is 2.00 e. The molecule has 0 aliphatic carbocycles. The molecule has 0 aliphatic rings. The quantitative estimate of drug-likeness (QED) is 0.603. The van der Waals surface area contributed by atoms with Crippen molar-refractivity contribution in [1.82, 2.24) is 0 Å². The topological polar surface area (TPSA) is 0 Å². The predicted octanol–water partition coefficient (Wildman–Crippen LogP) is 3.06. The van der Waals surface area contributed by atoms with Gasteiger partial charge in [0, 0.05) is 0 Å². The van der Waals surface area contributed by atoms with Gasteiger partial charge < -0.3 is 13.5 Å². The van der Waals surface area contributed by atoms with Crippen molar-refractivity contribution < 1.29 is 0 Å². The number of benzene rings is 2. The SMILES string of the molecule is Cl.[CH2-]CCC.[CH2-][SiH](c1ccccc1)c1ccccc1.[Mg+2]. The number of hydrogen-bond acceptors (Lipinski definition) is 0. The molecule has 2 rings (SSSR count). The van der Waals surface area contributed by atoms with E-state index in [9.17, 15) is 0 Å². The Bertz CT molecular complexity index is 378. The second-order valence-corrected chi connectivity index (χ2v) is 6.67. The van der Waals surface area contributed by atoms with E-state index >= 15 is 0 Å². The van der Waals surface area contributed by atoms with Gasteiger partial charge in [0.05, 0.1) is 0 Å². The molecule has 0 fully saturated rings. The van der Waals surface area contributed by atoms with Crippen LogP contribution in [0.4, 0.5) is 0 Å². The van der Waals surface area contributed by atoms with Gasteiger partial charge in [-0.25, -0.2) is 0 Å². The third-order valence-corrected chi connectivity index (χ3v) is 5.14. The molecule has 0 amide bonds. The van der Waals surface area contributed by atoms with Gasteiger partial charge >= 0.3 is 23.1 Å². The molecule has 2 aromatic carbocycles. The van der Waals surface area contributed by atoms with Crippen molar-refractivity contribution in [2.45, 2.75) is 19.8 Å². The molecular weight excluding hydrogens is 292 g/mol. The fourth-order valence-corrected chi connectivity index (χ4v) is 3.32. The van der Waals surface area contributed by atoms with E-state index in [1.165, 1.54) is 16.8 Å². The fraction of sp³-hybridized carbons (Fsp3) is 0.176. The van der Waals surface area contributed by atoms with Crippen LogP contribution in [0, 0.1) is 13.5 Å². The summed E-state index contributed by atoms with van der Waals surface area (Å²) in [4.78, 5) is 0. The van der Waals surface area contributed by atoms with E-state index in [0.717, 1.165) is 6.42 Å². The summed E-state index contributed by atoms with van der Waals surface area (Å²) in [6, 6.07) is 21.2. The molecule has 0 N–H and O–H groups in total. The molecule has 104 valence electrons. The van der Waals surface area contributed by atoms with Gasteiger partial charge in [-0.2, -0.15) is 6.42 Å². The molecule has 0 saturated carbocycles. The van der Waals surface area contributed by atoms with Crippen LogP contribution in [0.15, 0.2) is 60.7 Å². The molecule has 0 saturated heterocycles. The maximum absolute atomic E-state index is 4.32. The molecule has 20 heavy (non-hydrogen) atoms. The average Bonchev–Trinajstić information content (AvgIpc) is 2.48. The molecule has 0 aliphatic heterocycles. The number of hydrogen-bond donors (Lipinski definition) is 0. The Morgan fingerprint density at radius 3 is 1.40 bits per heavy atom. The Morgan fingerprint density at radius 2 is 1.15 bits per heavy atom. The Morgan fingerprint density at radius 1 is 0.850 bits per heavy atom. The number of rotatable bonds is 3.